The molecule has 0 aromatic heterocycles. The van der Waals surface area contributed by atoms with E-state index >= 15 is 0 Å². The van der Waals surface area contributed by atoms with Crippen LogP contribution in [-0.2, 0) is 4.74 Å². The maximum Gasteiger partial charge on any atom is 0.251 e. The number of rotatable bonds is 13. The number of carbonyl (C=O) groups excluding carboxylic acids is 1. The predicted octanol–water partition coefficient (Wildman–Crippen LogP) is 5.92. The first-order valence-electron chi connectivity index (χ1n) is 12.8. The van der Waals surface area contributed by atoms with Gasteiger partial charge in [-0.25, -0.2) is 0 Å². The van der Waals surface area contributed by atoms with Gasteiger partial charge in [0.25, 0.3) is 5.91 Å². The van der Waals surface area contributed by atoms with Crippen molar-refractivity contribution in [1.82, 2.24) is 10.6 Å². The smallest absolute Gasteiger partial charge is 0.251 e. The zero-order valence-corrected chi connectivity index (χ0v) is 20.5. The first-order valence-corrected chi connectivity index (χ1v) is 12.8. The summed E-state index contributed by atoms with van der Waals surface area (Å²) in [5, 5.41) is 6.60. The van der Waals surface area contributed by atoms with Crippen LogP contribution < -0.4 is 10.6 Å². The van der Waals surface area contributed by atoms with E-state index in [0.717, 1.165) is 50.3 Å². The minimum absolute atomic E-state index is 0.0408. The van der Waals surface area contributed by atoms with E-state index in [-0.39, 0.29) is 17.9 Å². The maximum atomic E-state index is 13.2. The number of amides is 1. The number of likely N-dealkylation sites (N-methyl/N-ethyl adjacent to an activating group) is 1. The van der Waals surface area contributed by atoms with Crippen LogP contribution in [0.1, 0.15) is 85.2 Å². The van der Waals surface area contributed by atoms with Gasteiger partial charge in [0, 0.05) is 37.8 Å². The summed E-state index contributed by atoms with van der Waals surface area (Å²) >= 11 is 0. The van der Waals surface area contributed by atoms with Gasteiger partial charge in [0.1, 0.15) is 0 Å². The van der Waals surface area contributed by atoms with Crippen molar-refractivity contribution in [2.75, 3.05) is 27.3 Å². The number of ether oxygens (including phenoxy) is 1. The molecule has 33 heavy (non-hydrogen) atoms. The molecule has 0 saturated heterocycles. The molecule has 1 saturated carbocycles. The minimum Gasteiger partial charge on any atom is -0.385 e. The van der Waals surface area contributed by atoms with E-state index < -0.39 is 0 Å². The maximum absolute atomic E-state index is 13.2. The van der Waals surface area contributed by atoms with E-state index in [4.69, 9.17) is 4.74 Å². The van der Waals surface area contributed by atoms with Gasteiger partial charge in [0.2, 0.25) is 0 Å². The topological polar surface area (TPSA) is 50.4 Å². The van der Waals surface area contributed by atoms with Crippen molar-refractivity contribution in [3.8, 4) is 0 Å². The third-order valence-electron chi connectivity index (χ3n) is 6.97. The lowest BCUT2D eigenvalue weighted by Crippen LogP contribution is -2.42. The van der Waals surface area contributed by atoms with Gasteiger partial charge in [-0.2, -0.15) is 0 Å². The van der Waals surface area contributed by atoms with Crippen LogP contribution in [0.15, 0.2) is 54.6 Å². The SMILES string of the molecule is CNC[C@H](CC1CCCCC1)NC(=O)c1cccc([C@@H](CCCCOC)c2ccccc2)c1. The van der Waals surface area contributed by atoms with Gasteiger partial charge in [-0.15, -0.1) is 0 Å². The fraction of sp³-hybridized carbons (Fsp3) is 0.552. The molecule has 2 aromatic rings. The Bertz CT molecular complexity index is 817. The highest BCUT2D eigenvalue weighted by Crippen LogP contribution is 2.31. The Morgan fingerprint density at radius 3 is 2.48 bits per heavy atom. The molecular weight excluding hydrogens is 408 g/mol. The van der Waals surface area contributed by atoms with Crippen molar-refractivity contribution in [1.29, 1.82) is 0 Å². The van der Waals surface area contributed by atoms with Crippen molar-refractivity contribution in [2.24, 2.45) is 5.92 Å². The molecule has 3 rings (SSSR count). The van der Waals surface area contributed by atoms with Crippen molar-refractivity contribution < 1.29 is 9.53 Å². The van der Waals surface area contributed by atoms with Crippen molar-refractivity contribution in [3.05, 3.63) is 71.3 Å². The lowest BCUT2D eigenvalue weighted by Gasteiger charge is -2.27. The molecule has 4 nitrogen and oxygen atoms in total. The minimum atomic E-state index is 0.0408. The van der Waals surface area contributed by atoms with Crippen LogP contribution >= 0.6 is 0 Å². The standard InChI is InChI=1S/C29H42N2O2/c1-30-22-27(20-23-12-5-3-6-13-23)31-29(32)26-17-11-16-25(21-26)28(18-9-10-19-33-2)24-14-7-4-8-15-24/h4,7-8,11,14-17,21,23,27-28,30H,3,5-6,9-10,12-13,18-20,22H2,1-2H3,(H,31,32)/t27-,28-/m0/s1. The van der Waals surface area contributed by atoms with Crippen LogP contribution in [0, 0.1) is 5.92 Å². The average Bonchev–Trinajstić information content (AvgIpc) is 2.85. The Kier molecular flexibility index (Phi) is 10.9. The van der Waals surface area contributed by atoms with Crippen molar-refractivity contribution in [2.45, 2.75) is 69.7 Å². The van der Waals surface area contributed by atoms with Crippen LogP contribution in [0.3, 0.4) is 0 Å². The molecule has 1 aliphatic rings. The summed E-state index contributed by atoms with van der Waals surface area (Å²) < 4.78 is 5.24. The van der Waals surface area contributed by atoms with Gasteiger partial charge in [-0.3, -0.25) is 4.79 Å². The monoisotopic (exact) mass is 450 g/mol. The van der Waals surface area contributed by atoms with E-state index in [1.54, 1.807) is 7.11 Å². The Morgan fingerprint density at radius 2 is 1.76 bits per heavy atom. The summed E-state index contributed by atoms with van der Waals surface area (Å²) in [6.07, 6.45) is 10.9. The fourth-order valence-corrected chi connectivity index (χ4v) is 5.24. The van der Waals surface area contributed by atoms with Crippen LogP contribution in [0.2, 0.25) is 0 Å². The second-order valence-electron chi connectivity index (χ2n) is 9.55. The first kappa shape index (κ1) is 25.5. The van der Waals surface area contributed by atoms with Gasteiger partial charge in [0.15, 0.2) is 0 Å². The Morgan fingerprint density at radius 1 is 1.00 bits per heavy atom. The van der Waals surface area contributed by atoms with E-state index in [0.29, 0.717) is 0 Å². The Labute approximate surface area is 200 Å². The number of hydrogen-bond acceptors (Lipinski definition) is 3. The molecule has 0 spiro atoms. The average molecular weight is 451 g/mol. The summed E-state index contributed by atoms with van der Waals surface area (Å²) in [7, 11) is 3.72. The Hall–Kier alpha value is -2.17. The first-order chi connectivity index (χ1) is 16.2. The van der Waals surface area contributed by atoms with Crippen LogP contribution in [-0.4, -0.2) is 39.3 Å². The zero-order chi connectivity index (χ0) is 23.3. The van der Waals surface area contributed by atoms with E-state index in [1.807, 2.05) is 19.2 Å². The largest absolute Gasteiger partial charge is 0.385 e. The van der Waals surface area contributed by atoms with E-state index in [2.05, 4.69) is 53.1 Å². The van der Waals surface area contributed by atoms with Crippen LogP contribution in [0.5, 0.6) is 0 Å². The molecule has 1 amide bonds. The second kappa shape index (κ2) is 14.2. The summed E-state index contributed by atoms with van der Waals surface area (Å²) in [6, 6.07) is 19.1. The number of unbranched alkanes of at least 4 members (excludes halogenated alkanes) is 1. The molecule has 180 valence electrons. The summed E-state index contributed by atoms with van der Waals surface area (Å²) in [6.45, 7) is 1.60. The van der Waals surface area contributed by atoms with Gasteiger partial charge < -0.3 is 15.4 Å². The molecular formula is C29H42N2O2. The predicted molar refractivity (Wildman–Crippen MR) is 137 cm³/mol. The van der Waals surface area contributed by atoms with Crippen LogP contribution in [0.25, 0.3) is 0 Å². The van der Waals surface area contributed by atoms with E-state index in [1.165, 1.54) is 43.2 Å². The Balaban J connectivity index is 1.71. The summed E-state index contributed by atoms with van der Waals surface area (Å²) in [4.78, 5) is 13.2. The molecule has 2 atom stereocenters. The summed E-state index contributed by atoms with van der Waals surface area (Å²) in [5.41, 5.74) is 3.27. The lowest BCUT2D eigenvalue weighted by atomic mass is 9.84. The molecule has 2 N–H and O–H groups in total. The molecule has 2 aromatic carbocycles. The van der Waals surface area contributed by atoms with Crippen LogP contribution in [0.4, 0.5) is 0 Å². The van der Waals surface area contributed by atoms with Gasteiger partial charge in [0.05, 0.1) is 0 Å². The van der Waals surface area contributed by atoms with Gasteiger partial charge >= 0.3 is 0 Å². The van der Waals surface area contributed by atoms with Crippen molar-refractivity contribution >= 4 is 5.91 Å². The number of carbonyl (C=O) groups is 1. The molecule has 0 heterocycles. The highest BCUT2D eigenvalue weighted by Gasteiger charge is 2.21. The normalized spacial score (nSPS) is 16.3. The third kappa shape index (κ3) is 8.28. The second-order valence-corrected chi connectivity index (χ2v) is 9.55. The third-order valence-corrected chi connectivity index (χ3v) is 6.97. The van der Waals surface area contributed by atoms with Crippen molar-refractivity contribution in [3.63, 3.8) is 0 Å². The quantitative estimate of drug-likeness (QED) is 0.372. The molecule has 0 aliphatic heterocycles. The zero-order valence-electron chi connectivity index (χ0n) is 20.5. The lowest BCUT2D eigenvalue weighted by molar-refractivity contribution is 0.0928. The molecule has 0 radical (unpaired) electrons. The molecule has 0 unspecified atom stereocenters. The highest BCUT2D eigenvalue weighted by atomic mass is 16.5. The number of benzene rings is 2. The molecule has 4 heteroatoms. The van der Waals surface area contributed by atoms with Gasteiger partial charge in [-0.05, 0) is 55.5 Å². The van der Waals surface area contributed by atoms with Gasteiger partial charge in [-0.1, -0.05) is 81.0 Å². The number of methoxy groups -OCH3 is 1. The molecule has 0 bridgehead atoms. The number of hydrogen-bond donors (Lipinski definition) is 2. The fourth-order valence-electron chi connectivity index (χ4n) is 5.24. The summed E-state index contributed by atoms with van der Waals surface area (Å²) in [5.74, 6) is 1.06. The number of nitrogens with one attached hydrogen (secondary N) is 2. The highest BCUT2D eigenvalue weighted by molar-refractivity contribution is 5.94. The molecule has 1 aliphatic carbocycles. The van der Waals surface area contributed by atoms with E-state index in [9.17, 15) is 4.79 Å². The molecule has 1 fully saturated rings.